The molecule has 128 valence electrons. The predicted octanol–water partition coefficient (Wildman–Crippen LogP) is 4.21. The Balaban J connectivity index is 2.25. The second-order valence-electron chi connectivity index (χ2n) is 6.46. The molecule has 0 radical (unpaired) electrons. The van der Waals surface area contributed by atoms with Gasteiger partial charge >= 0.3 is 12.3 Å². The van der Waals surface area contributed by atoms with Gasteiger partial charge in [0, 0.05) is 13.1 Å². The lowest BCUT2D eigenvalue weighted by Gasteiger charge is -2.24. The number of carbonyl (C=O) groups is 1. The molecule has 1 aromatic rings. The van der Waals surface area contributed by atoms with Crippen molar-refractivity contribution in [3.63, 3.8) is 0 Å². The average molecular weight is 338 g/mol. The van der Waals surface area contributed by atoms with Crippen molar-refractivity contribution in [2.45, 2.75) is 32.5 Å². The SMILES string of the molecule is CC(C)(C)OC(=O)N1CC=C(c2ccc(C#N)cc2C(F)(F)F)C1. The molecular weight excluding hydrogens is 321 g/mol. The standard InChI is InChI=1S/C17H17F3N2O2/c1-16(2,3)24-15(23)22-7-6-12(10-22)13-5-4-11(9-21)8-14(13)17(18,19)20/h4-6,8H,7,10H2,1-3H3. The van der Waals surface area contributed by atoms with Crippen molar-refractivity contribution >= 4 is 11.7 Å². The lowest BCUT2D eigenvalue weighted by atomic mass is 9.97. The van der Waals surface area contributed by atoms with Crippen LogP contribution in [0.1, 0.15) is 37.5 Å². The smallest absolute Gasteiger partial charge is 0.417 e. The molecule has 0 atom stereocenters. The molecule has 4 nitrogen and oxygen atoms in total. The van der Waals surface area contributed by atoms with E-state index in [0.29, 0.717) is 5.57 Å². The van der Waals surface area contributed by atoms with E-state index in [1.807, 2.05) is 0 Å². The van der Waals surface area contributed by atoms with Crippen LogP contribution < -0.4 is 0 Å². The van der Waals surface area contributed by atoms with Gasteiger partial charge in [0.15, 0.2) is 0 Å². The molecule has 2 rings (SSSR count). The highest BCUT2D eigenvalue weighted by Gasteiger charge is 2.36. The number of hydrogen-bond acceptors (Lipinski definition) is 3. The van der Waals surface area contributed by atoms with Gasteiger partial charge in [0.2, 0.25) is 0 Å². The summed E-state index contributed by atoms with van der Waals surface area (Å²) < 4.78 is 45.0. The summed E-state index contributed by atoms with van der Waals surface area (Å²) in [6.07, 6.45) is -3.58. The van der Waals surface area contributed by atoms with Gasteiger partial charge in [0.05, 0.1) is 17.2 Å². The number of nitriles is 1. The Morgan fingerprint density at radius 2 is 1.96 bits per heavy atom. The Morgan fingerprint density at radius 1 is 1.29 bits per heavy atom. The highest BCUT2D eigenvalue weighted by atomic mass is 19.4. The van der Waals surface area contributed by atoms with Gasteiger partial charge < -0.3 is 9.64 Å². The van der Waals surface area contributed by atoms with Crippen molar-refractivity contribution in [2.24, 2.45) is 0 Å². The summed E-state index contributed by atoms with van der Waals surface area (Å²) in [4.78, 5) is 13.4. The number of halogens is 3. The first-order valence-electron chi connectivity index (χ1n) is 7.30. The van der Waals surface area contributed by atoms with Crippen molar-refractivity contribution in [1.82, 2.24) is 4.90 Å². The maximum Gasteiger partial charge on any atom is 0.417 e. The third-order valence-electron chi connectivity index (χ3n) is 3.37. The van der Waals surface area contributed by atoms with Crippen LogP contribution in [0.15, 0.2) is 24.3 Å². The molecule has 1 aliphatic rings. The number of ether oxygens (including phenoxy) is 1. The number of carbonyl (C=O) groups excluding carboxylic acids is 1. The van der Waals surface area contributed by atoms with Crippen LogP contribution in [0.5, 0.6) is 0 Å². The van der Waals surface area contributed by atoms with Crippen LogP contribution in [0.4, 0.5) is 18.0 Å². The zero-order chi connectivity index (χ0) is 18.1. The molecule has 0 unspecified atom stereocenters. The first kappa shape index (κ1) is 17.9. The largest absolute Gasteiger partial charge is 0.444 e. The van der Waals surface area contributed by atoms with Gasteiger partial charge in [-0.3, -0.25) is 0 Å². The van der Waals surface area contributed by atoms with Gasteiger partial charge in [0.25, 0.3) is 0 Å². The van der Waals surface area contributed by atoms with Crippen LogP contribution in [0.2, 0.25) is 0 Å². The summed E-state index contributed by atoms with van der Waals surface area (Å²) in [7, 11) is 0. The maximum absolute atomic E-state index is 13.3. The quantitative estimate of drug-likeness (QED) is 0.771. The second-order valence-corrected chi connectivity index (χ2v) is 6.46. The monoisotopic (exact) mass is 338 g/mol. The van der Waals surface area contributed by atoms with E-state index in [1.54, 1.807) is 32.9 Å². The number of amides is 1. The van der Waals surface area contributed by atoms with Crippen molar-refractivity contribution in [1.29, 1.82) is 5.26 Å². The highest BCUT2D eigenvalue weighted by molar-refractivity contribution is 5.79. The lowest BCUT2D eigenvalue weighted by Crippen LogP contribution is -2.35. The maximum atomic E-state index is 13.3. The molecule has 0 saturated heterocycles. The van der Waals surface area contributed by atoms with Gasteiger partial charge in [-0.05, 0) is 44.0 Å². The minimum atomic E-state index is -4.58. The lowest BCUT2D eigenvalue weighted by molar-refractivity contribution is -0.137. The molecule has 0 bridgehead atoms. The van der Waals surface area contributed by atoms with Crippen LogP contribution in [-0.4, -0.2) is 29.7 Å². The molecule has 0 aliphatic carbocycles. The predicted molar refractivity (Wildman–Crippen MR) is 81.9 cm³/mol. The number of hydrogen-bond donors (Lipinski definition) is 0. The molecule has 7 heteroatoms. The third-order valence-corrected chi connectivity index (χ3v) is 3.37. The Morgan fingerprint density at radius 3 is 2.50 bits per heavy atom. The molecule has 0 saturated carbocycles. The van der Waals surface area contributed by atoms with E-state index >= 15 is 0 Å². The molecule has 0 fully saturated rings. The molecule has 0 spiro atoms. The molecule has 1 aliphatic heterocycles. The normalized spacial score (nSPS) is 15.0. The fourth-order valence-electron chi connectivity index (χ4n) is 2.34. The summed E-state index contributed by atoms with van der Waals surface area (Å²) in [5.74, 6) is 0. The summed E-state index contributed by atoms with van der Waals surface area (Å²) in [5, 5.41) is 8.81. The van der Waals surface area contributed by atoms with E-state index in [1.165, 1.54) is 17.0 Å². The third kappa shape index (κ3) is 4.07. The number of alkyl halides is 3. The fraction of sp³-hybridized carbons (Fsp3) is 0.412. The molecule has 0 aromatic heterocycles. The van der Waals surface area contributed by atoms with E-state index in [4.69, 9.17) is 10.00 Å². The van der Waals surface area contributed by atoms with E-state index < -0.39 is 23.4 Å². The molecule has 1 heterocycles. The second kappa shape index (κ2) is 6.19. The number of rotatable bonds is 1. The first-order chi connectivity index (χ1) is 11.0. The minimum Gasteiger partial charge on any atom is -0.444 e. The minimum absolute atomic E-state index is 0.0208. The van der Waals surface area contributed by atoms with Gasteiger partial charge in [-0.1, -0.05) is 12.1 Å². The van der Waals surface area contributed by atoms with E-state index in [9.17, 15) is 18.0 Å². The topological polar surface area (TPSA) is 53.3 Å². The Hall–Kier alpha value is -2.49. The average Bonchev–Trinajstić information content (AvgIpc) is 2.93. The van der Waals surface area contributed by atoms with Crippen molar-refractivity contribution < 1.29 is 22.7 Å². The van der Waals surface area contributed by atoms with Crippen molar-refractivity contribution in [2.75, 3.05) is 13.1 Å². The van der Waals surface area contributed by atoms with Crippen molar-refractivity contribution in [3.8, 4) is 6.07 Å². The van der Waals surface area contributed by atoms with Crippen LogP contribution in [-0.2, 0) is 10.9 Å². The molecule has 1 amide bonds. The molecule has 1 aromatic carbocycles. The van der Waals surface area contributed by atoms with Crippen LogP contribution >= 0.6 is 0 Å². The zero-order valence-corrected chi connectivity index (χ0v) is 13.6. The summed E-state index contributed by atoms with van der Waals surface area (Å²) >= 11 is 0. The van der Waals surface area contributed by atoms with Gasteiger partial charge in [-0.25, -0.2) is 4.79 Å². The van der Waals surface area contributed by atoms with Gasteiger partial charge in [0.1, 0.15) is 5.60 Å². The van der Waals surface area contributed by atoms with E-state index in [2.05, 4.69) is 0 Å². The first-order valence-corrected chi connectivity index (χ1v) is 7.30. The fourth-order valence-corrected chi connectivity index (χ4v) is 2.34. The van der Waals surface area contributed by atoms with Crippen molar-refractivity contribution in [3.05, 3.63) is 41.0 Å². The van der Waals surface area contributed by atoms with E-state index in [0.717, 1.165) is 6.07 Å². The number of nitrogens with zero attached hydrogens (tertiary/aromatic N) is 2. The summed E-state index contributed by atoms with van der Waals surface area (Å²) in [6.45, 7) is 5.37. The Kier molecular flexibility index (Phi) is 4.61. The summed E-state index contributed by atoms with van der Waals surface area (Å²) in [6, 6.07) is 5.14. The van der Waals surface area contributed by atoms with Crippen LogP contribution in [0.25, 0.3) is 5.57 Å². The zero-order valence-electron chi connectivity index (χ0n) is 13.6. The highest BCUT2D eigenvalue weighted by Crippen LogP contribution is 2.37. The van der Waals surface area contributed by atoms with E-state index in [-0.39, 0.29) is 24.2 Å². The molecule has 0 N–H and O–H groups in total. The Labute approximate surface area is 138 Å². The van der Waals surface area contributed by atoms with Gasteiger partial charge in [-0.15, -0.1) is 0 Å². The summed E-state index contributed by atoms with van der Waals surface area (Å²) in [5.41, 5.74) is -1.25. The Bertz CT molecular complexity index is 725. The van der Waals surface area contributed by atoms with Crippen LogP contribution in [0, 0.1) is 11.3 Å². The molecular formula is C17H17F3N2O2. The molecule has 24 heavy (non-hydrogen) atoms. The number of benzene rings is 1. The van der Waals surface area contributed by atoms with Gasteiger partial charge in [-0.2, -0.15) is 18.4 Å². The van der Waals surface area contributed by atoms with Crippen LogP contribution in [0.3, 0.4) is 0 Å².